The summed E-state index contributed by atoms with van der Waals surface area (Å²) in [5, 5.41) is 7.50. The largest absolute Gasteiger partial charge is 0.505 e. The maximum atomic E-state index is 10.4. The zero-order valence-electron chi connectivity index (χ0n) is 7.64. The SMILES string of the molecule is COC(=O)O.NC(=O)c1ccccc1. The minimum atomic E-state index is -1.25. The quantitative estimate of drug-likeness (QED) is 0.659. The molecule has 0 atom stereocenters. The normalized spacial score (nSPS) is 8.07. The summed E-state index contributed by atoms with van der Waals surface area (Å²) >= 11 is 0. The van der Waals surface area contributed by atoms with E-state index in [1.165, 1.54) is 0 Å². The molecule has 0 aliphatic carbocycles. The van der Waals surface area contributed by atoms with Crippen LogP contribution >= 0.6 is 0 Å². The van der Waals surface area contributed by atoms with Gasteiger partial charge in [0.15, 0.2) is 0 Å². The molecule has 5 nitrogen and oxygen atoms in total. The van der Waals surface area contributed by atoms with E-state index in [4.69, 9.17) is 15.6 Å². The van der Waals surface area contributed by atoms with Gasteiger partial charge in [-0.05, 0) is 12.1 Å². The Morgan fingerprint density at radius 3 is 1.93 bits per heavy atom. The second kappa shape index (κ2) is 6.47. The van der Waals surface area contributed by atoms with Crippen LogP contribution in [-0.4, -0.2) is 24.3 Å². The minimum absolute atomic E-state index is 0.379. The van der Waals surface area contributed by atoms with Gasteiger partial charge in [0, 0.05) is 5.56 Å². The Hall–Kier alpha value is -2.04. The van der Waals surface area contributed by atoms with Gasteiger partial charge >= 0.3 is 6.16 Å². The highest BCUT2D eigenvalue weighted by Crippen LogP contribution is 1.94. The summed E-state index contributed by atoms with van der Waals surface area (Å²) in [6.07, 6.45) is -1.25. The number of carbonyl (C=O) groups excluding carboxylic acids is 1. The Kier molecular flexibility index (Phi) is 5.53. The molecule has 0 saturated heterocycles. The summed E-state index contributed by atoms with van der Waals surface area (Å²) in [4.78, 5) is 19.6. The molecule has 14 heavy (non-hydrogen) atoms. The standard InChI is InChI=1S/C7H7NO.C2H4O3/c8-7(9)6-4-2-1-3-5-6;1-5-2(3)4/h1-5H,(H2,8,9);1H3,(H,3,4). The van der Waals surface area contributed by atoms with E-state index in [0.717, 1.165) is 7.11 Å². The molecule has 3 N–H and O–H groups in total. The molecule has 1 rings (SSSR count). The number of rotatable bonds is 1. The topological polar surface area (TPSA) is 89.6 Å². The van der Waals surface area contributed by atoms with Gasteiger partial charge in [-0.1, -0.05) is 18.2 Å². The molecule has 0 saturated carbocycles. The minimum Gasteiger partial charge on any atom is -0.450 e. The molecule has 1 aromatic carbocycles. The van der Waals surface area contributed by atoms with Gasteiger partial charge in [0.05, 0.1) is 7.11 Å². The second-order valence-corrected chi connectivity index (χ2v) is 2.20. The molecule has 0 bridgehead atoms. The zero-order valence-corrected chi connectivity index (χ0v) is 7.64. The van der Waals surface area contributed by atoms with Crippen LogP contribution < -0.4 is 5.73 Å². The van der Waals surface area contributed by atoms with Crippen molar-refractivity contribution in [2.45, 2.75) is 0 Å². The average molecular weight is 197 g/mol. The lowest BCUT2D eigenvalue weighted by molar-refractivity contribution is 0.0999. The number of nitrogens with two attached hydrogens (primary N) is 1. The van der Waals surface area contributed by atoms with Gasteiger partial charge in [0.25, 0.3) is 0 Å². The Labute approximate surface area is 81.1 Å². The summed E-state index contributed by atoms with van der Waals surface area (Å²) < 4.78 is 3.67. The Bertz CT molecular complexity index is 297. The van der Waals surface area contributed by atoms with Crippen molar-refractivity contribution in [3.8, 4) is 0 Å². The highest BCUT2D eigenvalue weighted by Gasteiger charge is 1.93. The molecule has 0 unspecified atom stereocenters. The maximum Gasteiger partial charge on any atom is 0.505 e. The molecule has 0 aromatic heterocycles. The molecular formula is C9H11NO4. The van der Waals surface area contributed by atoms with Crippen LogP contribution in [0.4, 0.5) is 4.79 Å². The summed E-state index contributed by atoms with van der Waals surface area (Å²) in [6, 6.07) is 8.76. The lowest BCUT2D eigenvalue weighted by Gasteiger charge is -1.89. The van der Waals surface area contributed by atoms with Gasteiger partial charge in [-0.3, -0.25) is 4.79 Å². The van der Waals surface area contributed by atoms with Gasteiger partial charge in [-0.15, -0.1) is 0 Å². The van der Waals surface area contributed by atoms with E-state index in [2.05, 4.69) is 4.74 Å². The number of hydrogen-bond donors (Lipinski definition) is 2. The summed E-state index contributed by atoms with van der Waals surface area (Å²) in [6.45, 7) is 0. The van der Waals surface area contributed by atoms with E-state index < -0.39 is 6.16 Å². The summed E-state index contributed by atoms with van der Waals surface area (Å²) in [5.74, 6) is -0.379. The van der Waals surface area contributed by atoms with Crippen LogP contribution in [0.3, 0.4) is 0 Å². The van der Waals surface area contributed by atoms with Crippen molar-refractivity contribution in [2.75, 3.05) is 7.11 Å². The third-order valence-electron chi connectivity index (χ3n) is 1.23. The van der Waals surface area contributed by atoms with Crippen LogP contribution in [0.25, 0.3) is 0 Å². The molecule has 1 aromatic rings. The number of amides is 1. The fraction of sp³-hybridized carbons (Fsp3) is 0.111. The van der Waals surface area contributed by atoms with Gasteiger partial charge in [-0.25, -0.2) is 4.79 Å². The zero-order chi connectivity index (χ0) is 11.0. The van der Waals surface area contributed by atoms with Crippen molar-refractivity contribution < 1.29 is 19.4 Å². The Morgan fingerprint density at radius 2 is 1.71 bits per heavy atom. The number of benzene rings is 1. The highest BCUT2D eigenvalue weighted by atomic mass is 16.6. The molecule has 0 aliphatic heterocycles. The molecule has 0 fully saturated rings. The van der Waals surface area contributed by atoms with E-state index in [1.807, 2.05) is 6.07 Å². The number of primary amides is 1. The fourth-order valence-electron chi connectivity index (χ4n) is 0.602. The van der Waals surface area contributed by atoms with Crippen molar-refractivity contribution in [1.82, 2.24) is 0 Å². The van der Waals surface area contributed by atoms with Crippen molar-refractivity contribution >= 4 is 12.1 Å². The second-order valence-electron chi connectivity index (χ2n) is 2.20. The number of ether oxygens (including phenoxy) is 1. The molecule has 0 aliphatic rings. The lowest BCUT2D eigenvalue weighted by Crippen LogP contribution is -2.09. The van der Waals surface area contributed by atoms with E-state index in [9.17, 15) is 4.79 Å². The van der Waals surface area contributed by atoms with Gasteiger partial charge in [0.2, 0.25) is 5.91 Å². The number of hydrogen-bond acceptors (Lipinski definition) is 3. The van der Waals surface area contributed by atoms with Gasteiger partial charge in [0.1, 0.15) is 0 Å². The molecule has 5 heteroatoms. The van der Waals surface area contributed by atoms with Gasteiger partial charge in [-0.2, -0.15) is 0 Å². The smallest absolute Gasteiger partial charge is 0.450 e. The predicted molar refractivity (Wildman–Crippen MR) is 50.0 cm³/mol. The molecule has 0 radical (unpaired) electrons. The third-order valence-corrected chi connectivity index (χ3v) is 1.23. The van der Waals surface area contributed by atoms with Crippen molar-refractivity contribution in [3.05, 3.63) is 35.9 Å². The predicted octanol–water partition coefficient (Wildman–Crippen LogP) is 1.10. The first kappa shape index (κ1) is 12.0. The van der Waals surface area contributed by atoms with E-state index >= 15 is 0 Å². The van der Waals surface area contributed by atoms with Crippen LogP contribution in [0, 0.1) is 0 Å². The van der Waals surface area contributed by atoms with E-state index in [0.29, 0.717) is 5.56 Å². The van der Waals surface area contributed by atoms with E-state index in [1.54, 1.807) is 24.3 Å². The molecule has 76 valence electrons. The lowest BCUT2D eigenvalue weighted by atomic mass is 10.2. The third kappa shape index (κ3) is 5.59. The summed E-state index contributed by atoms with van der Waals surface area (Å²) in [5.41, 5.74) is 5.53. The Morgan fingerprint density at radius 1 is 1.29 bits per heavy atom. The number of carbonyl (C=O) groups is 2. The molecule has 0 heterocycles. The average Bonchev–Trinajstić information content (AvgIpc) is 2.20. The molecule has 1 amide bonds. The monoisotopic (exact) mass is 197 g/mol. The molecule has 0 spiro atoms. The van der Waals surface area contributed by atoms with E-state index in [-0.39, 0.29) is 5.91 Å². The van der Waals surface area contributed by atoms with Crippen LogP contribution in [0.2, 0.25) is 0 Å². The van der Waals surface area contributed by atoms with Crippen molar-refractivity contribution in [3.63, 3.8) is 0 Å². The number of methoxy groups -OCH3 is 1. The maximum absolute atomic E-state index is 10.4. The first-order valence-electron chi connectivity index (χ1n) is 3.69. The van der Waals surface area contributed by atoms with Gasteiger partial charge < -0.3 is 15.6 Å². The number of carboxylic acid groups (broad SMARTS) is 1. The van der Waals surface area contributed by atoms with Crippen LogP contribution in [0.1, 0.15) is 10.4 Å². The highest BCUT2D eigenvalue weighted by molar-refractivity contribution is 5.92. The fourth-order valence-corrected chi connectivity index (χ4v) is 0.602. The molecular weight excluding hydrogens is 186 g/mol. The van der Waals surface area contributed by atoms with Crippen LogP contribution in [0.15, 0.2) is 30.3 Å². The van der Waals surface area contributed by atoms with Crippen LogP contribution in [-0.2, 0) is 4.74 Å². The summed E-state index contributed by atoms with van der Waals surface area (Å²) in [7, 11) is 1.10. The Balaban J connectivity index is 0.000000292. The first-order valence-corrected chi connectivity index (χ1v) is 3.69. The van der Waals surface area contributed by atoms with Crippen molar-refractivity contribution in [2.24, 2.45) is 5.73 Å². The first-order chi connectivity index (χ1) is 6.57. The van der Waals surface area contributed by atoms with Crippen LogP contribution in [0.5, 0.6) is 0 Å². The van der Waals surface area contributed by atoms with Crippen molar-refractivity contribution in [1.29, 1.82) is 0 Å².